The summed E-state index contributed by atoms with van der Waals surface area (Å²) in [6, 6.07) is 6.55. The lowest BCUT2D eigenvalue weighted by atomic mass is 9.93. The molecule has 0 spiro atoms. The van der Waals surface area contributed by atoms with Gasteiger partial charge in [0.25, 0.3) is 0 Å². The maximum absolute atomic E-state index is 10.9. The Morgan fingerprint density at radius 2 is 1.76 bits per heavy atom. The molecule has 0 bridgehead atoms. The Labute approximate surface area is 206 Å². The molecule has 0 radical (unpaired) electrons. The monoisotopic (exact) mass is 467 g/mol. The van der Waals surface area contributed by atoms with Crippen LogP contribution < -0.4 is 5.32 Å². The SMILES string of the molecule is CCCCCC(CC)Nc1nnc(-c2ccc(C3CC3)cc2O)c(CCCOC)c1CCCC. The molecule has 1 aromatic carbocycles. The molecule has 2 aromatic rings. The smallest absolute Gasteiger partial charge is 0.152 e. The van der Waals surface area contributed by atoms with Crippen LogP contribution in [0.5, 0.6) is 5.75 Å². The third-order valence-corrected chi connectivity index (χ3v) is 7.06. The Bertz CT molecular complexity index is 895. The van der Waals surface area contributed by atoms with Gasteiger partial charge in [-0.3, -0.25) is 0 Å². The summed E-state index contributed by atoms with van der Waals surface area (Å²) in [7, 11) is 1.75. The van der Waals surface area contributed by atoms with Crippen LogP contribution in [0.15, 0.2) is 18.2 Å². The van der Waals surface area contributed by atoms with Gasteiger partial charge in [-0.2, -0.15) is 0 Å². The van der Waals surface area contributed by atoms with E-state index in [-0.39, 0.29) is 0 Å². The number of hydrogen-bond donors (Lipinski definition) is 2. The van der Waals surface area contributed by atoms with Crippen molar-refractivity contribution in [3.05, 3.63) is 34.9 Å². The van der Waals surface area contributed by atoms with Crippen molar-refractivity contribution in [2.75, 3.05) is 19.0 Å². The minimum Gasteiger partial charge on any atom is -0.507 e. The molecule has 0 saturated heterocycles. The van der Waals surface area contributed by atoms with Crippen molar-refractivity contribution in [3.8, 4) is 17.0 Å². The molecule has 1 heterocycles. The molecular formula is C29H45N3O2. The van der Waals surface area contributed by atoms with Crippen molar-refractivity contribution < 1.29 is 9.84 Å². The summed E-state index contributed by atoms with van der Waals surface area (Å²) in [4.78, 5) is 0. The van der Waals surface area contributed by atoms with E-state index in [1.165, 1.54) is 48.8 Å². The van der Waals surface area contributed by atoms with E-state index in [9.17, 15) is 5.11 Å². The number of unbranched alkanes of at least 4 members (excludes halogenated alkanes) is 3. The normalized spacial score (nSPS) is 14.4. The summed E-state index contributed by atoms with van der Waals surface area (Å²) in [5, 5.41) is 24.1. The number of phenolic OH excluding ortho intramolecular Hbond substituents is 1. The lowest BCUT2D eigenvalue weighted by Gasteiger charge is -2.23. The molecule has 0 aliphatic heterocycles. The molecule has 188 valence electrons. The molecule has 5 nitrogen and oxygen atoms in total. The highest BCUT2D eigenvalue weighted by Gasteiger charge is 2.26. The van der Waals surface area contributed by atoms with Crippen molar-refractivity contribution in [2.45, 2.75) is 110 Å². The number of ether oxygens (including phenoxy) is 1. The summed E-state index contributed by atoms with van der Waals surface area (Å²) in [6.45, 7) is 7.44. The lowest BCUT2D eigenvalue weighted by molar-refractivity contribution is 0.195. The number of nitrogens with one attached hydrogen (secondary N) is 1. The van der Waals surface area contributed by atoms with Crippen molar-refractivity contribution in [3.63, 3.8) is 0 Å². The molecule has 1 aliphatic rings. The second-order valence-corrected chi connectivity index (χ2v) is 9.85. The molecule has 5 heteroatoms. The molecule has 1 saturated carbocycles. The van der Waals surface area contributed by atoms with Crippen molar-refractivity contribution in [2.24, 2.45) is 0 Å². The standard InChI is InChI=1S/C29H45N3O2/c1-5-8-10-12-23(7-3)30-29-25(13-9-6-2)24(14-11-19-34-4)28(31-32-29)26-18-17-22(20-27(26)33)21-15-16-21/h17-18,20-21,23,33H,5-16,19H2,1-4H3,(H,30,32). The zero-order valence-corrected chi connectivity index (χ0v) is 21.8. The van der Waals surface area contributed by atoms with Gasteiger partial charge in [0.15, 0.2) is 5.82 Å². The number of phenols is 1. The molecule has 1 fully saturated rings. The molecule has 1 atom stereocenters. The first-order valence-corrected chi connectivity index (χ1v) is 13.6. The number of aromatic hydroxyl groups is 1. The summed E-state index contributed by atoms with van der Waals surface area (Å²) < 4.78 is 5.37. The maximum atomic E-state index is 10.9. The molecular weight excluding hydrogens is 422 g/mol. The third kappa shape index (κ3) is 7.18. The predicted octanol–water partition coefficient (Wildman–Crippen LogP) is 7.42. The predicted molar refractivity (Wildman–Crippen MR) is 142 cm³/mol. The number of benzene rings is 1. The Morgan fingerprint density at radius 1 is 1.00 bits per heavy atom. The van der Waals surface area contributed by atoms with Crippen LogP contribution in [0.1, 0.15) is 108 Å². The Kier molecular flexibility index (Phi) is 10.6. The topological polar surface area (TPSA) is 67.3 Å². The van der Waals surface area contributed by atoms with Crippen LogP contribution >= 0.6 is 0 Å². The second-order valence-electron chi connectivity index (χ2n) is 9.85. The van der Waals surface area contributed by atoms with Gasteiger partial charge in [0.1, 0.15) is 11.4 Å². The van der Waals surface area contributed by atoms with Gasteiger partial charge in [0.05, 0.1) is 0 Å². The van der Waals surface area contributed by atoms with E-state index in [1.807, 2.05) is 12.1 Å². The first-order chi connectivity index (χ1) is 16.6. The Morgan fingerprint density at radius 3 is 2.41 bits per heavy atom. The van der Waals surface area contributed by atoms with Gasteiger partial charge in [-0.25, -0.2) is 0 Å². The fourth-order valence-corrected chi connectivity index (χ4v) is 4.76. The van der Waals surface area contributed by atoms with E-state index in [2.05, 4.69) is 32.2 Å². The highest BCUT2D eigenvalue weighted by molar-refractivity contribution is 5.73. The van der Waals surface area contributed by atoms with E-state index in [1.54, 1.807) is 7.11 Å². The minimum atomic E-state index is 0.319. The molecule has 1 aliphatic carbocycles. The molecule has 3 rings (SSSR count). The van der Waals surface area contributed by atoms with Gasteiger partial charge in [-0.15, -0.1) is 10.2 Å². The third-order valence-electron chi connectivity index (χ3n) is 7.06. The fourth-order valence-electron chi connectivity index (χ4n) is 4.76. The van der Waals surface area contributed by atoms with E-state index < -0.39 is 0 Å². The molecule has 1 aromatic heterocycles. The number of rotatable bonds is 16. The van der Waals surface area contributed by atoms with Crippen LogP contribution in [0.3, 0.4) is 0 Å². The summed E-state index contributed by atoms with van der Waals surface area (Å²) in [5.74, 6) is 1.86. The van der Waals surface area contributed by atoms with Gasteiger partial charge in [-0.05, 0) is 80.5 Å². The van der Waals surface area contributed by atoms with Gasteiger partial charge in [0.2, 0.25) is 0 Å². The number of aromatic nitrogens is 2. The average Bonchev–Trinajstić information content (AvgIpc) is 3.69. The van der Waals surface area contributed by atoms with E-state index in [0.29, 0.717) is 24.3 Å². The van der Waals surface area contributed by atoms with Crippen LogP contribution in [0.4, 0.5) is 5.82 Å². The number of hydrogen-bond acceptors (Lipinski definition) is 5. The number of nitrogens with zero attached hydrogens (tertiary/aromatic N) is 2. The van der Waals surface area contributed by atoms with E-state index >= 15 is 0 Å². The Balaban J connectivity index is 1.99. The molecule has 0 amide bonds. The van der Waals surface area contributed by atoms with Crippen LogP contribution in [0.25, 0.3) is 11.3 Å². The highest BCUT2D eigenvalue weighted by atomic mass is 16.5. The van der Waals surface area contributed by atoms with Crippen LogP contribution in [0.2, 0.25) is 0 Å². The largest absolute Gasteiger partial charge is 0.507 e. The van der Waals surface area contributed by atoms with Gasteiger partial charge in [-0.1, -0.05) is 52.5 Å². The molecule has 34 heavy (non-hydrogen) atoms. The van der Waals surface area contributed by atoms with Crippen LogP contribution in [-0.2, 0) is 17.6 Å². The molecule has 2 N–H and O–H groups in total. The Hall–Kier alpha value is -2.14. The van der Waals surface area contributed by atoms with Crippen molar-refractivity contribution in [1.29, 1.82) is 0 Å². The van der Waals surface area contributed by atoms with Crippen LogP contribution in [0, 0.1) is 0 Å². The molecule has 1 unspecified atom stereocenters. The quantitative estimate of drug-likeness (QED) is 0.251. The summed E-state index contributed by atoms with van der Waals surface area (Å²) in [6.07, 6.45) is 13.4. The zero-order valence-electron chi connectivity index (χ0n) is 21.8. The van der Waals surface area contributed by atoms with Crippen molar-refractivity contribution in [1.82, 2.24) is 10.2 Å². The zero-order chi connectivity index (χ0) is 24.3. The average molecular weight is 468 g/mol. The minimum absolute atomic E-state index is 0.319. The first kappa shape index (κ1) is 26.5. The van der Waals surface area contributed by atoms with Gasteiger partial charge < -0.3 is 15.2 Å². The maximum Gasteiger partial charge on any atom is 0.152 e. The summed E-state index contributed by atoms with van der Waals surface area (Å²) >= 11 is 0. The lowest BCUT2D eigenvalue weighted by Crippen LogP contribution is -2.22. The van der Waals surface area contributed by atoms with Gasteiger partial charge in [0, 0.05) is 30.9 Å². The second kappa shape index (κ2) is 13.7. The van der Waals surface area contributed by atoms with E-state index in [4.69, 9.17) is 14.9 Å². The fraction of sp³-hybridized carbons (Fsp3) is 0.655. The summed E-state index contributed by atoms with van der Waals surface area (Å²) in [5.41, 5.74) is 5.33. The van der Waals surface area contributed by atoms with Gasteiger partial charge >= 0.3 is 0 Å². The number of anilines is 1. The first-order valence-electron chi connectivity index (χ1n) is 13.6. The van der Waals surface area contributed by atoms with Crippen molar-refractivity contribution >= 4 is 5.82 Å². The number of methoxy groups -OCH3 is 1. The van der Waals surface area contributed by atoms with Crippen LogP contribution in [-0.4, -0.2) is 35.1 Å². The van der Waals surface area contributed by atoms with E-state index in [0.717, 1.165) is 62.0 Å². The highest BCUT2D eigenvalue weighted by Crippen LogP contribution is 2.43.